The minimum absolute atomic E-state index is 0.101. The molecule has 1 amide bonds. The molecular formula is C22H22ClFN2O3. The lowest BCUT2D eigenvalue weighted by molar-refractivity contribution is 0.0950. The van der Waals surface area contributed by atoms with Gasteiger partial charge in [0.2, 0.25) is 5.43 Å². The summed E-state index contributed by atoms with van der Waals surface area (Å²) in [5.41, 5.74) is 0.518. The number of carbonyl (C=O) groups excluding carboxylic acids is 1. The van der Waals surface area contributed by atoms with Crippen molar-refractivity contribution in [3.05, 3.63) is 75.3 Å². The van der Waals surface area contributed by atoms with Gasteiger partial charge in [0.05, 0.1) is 12.1 Å². The first kappa shape index (κ1) is 20.9. The molecule has 0 aliphatic heterocycles. The minimum Gasteiger partial charge on any atom is -0.494 e. The molecule has 0 radical (unpaired) electrons. The monoisotopic (exact) mass is 416 g/mol. The van der Waals surface area contributed by atoms with Crippen LogP contribution in [0.2, 0.25) is 5.02 Å². The molecule has 5 nitrogen and oxygen atoms in total. The molecule has 0 aliphatic carbocycles. The van der Waals surface area contributed by atoms with Crippen LogP contribution in [0, 0.1) is 5.82 Å². The van der Waals surface area contributed by atoms with Crippen molar-refractivity contribution < 1.29 is 13.9 Å². The van der Waals surface area contributed by atoms with E-state index in [1.54, 1.807) is 36.5 Å². The lowest BCUT2D eigenvalue weighted by Crippen LogP contribution is -2.30. The molecular weight excluding hydrogens is 395 g/mol. The number of aromatic nitrogens is 1. The molecule has 0 spiro atoms. The average molecular weight is 417 g/mol. The lowest BCUT2D eigenvalue weighted by atomic mass is 10.1. The summed E-state index contributed by atoms with van der Waals surface area (Å²) in [6, 6.07) is 10.9. The summed E-state index contributed by atoms with van der Waals surface area (Å²) in [5.74, 6) is -0.109. The summed E-state index contributed by atoms with van der Waals surface area (Å²) >= 11 is 6.02. The highest BCUT2D eigenvalue weighted by Gasteiger charge is 2.15. The van der Waals surface area contributed by atoms with E-state index in [0.717, 1.165) is 5.52 Å². The van der Waals surface area contributed by atoms with Crippen LogP contribution >= 0.6 is 11.6 Å². The van der Waals surface area contributed by atoms with Crippen molar-refractivity contribution in [3.8, 4) is 5.75 Å². The summed E-state index contributed by atoms with van der Waals surface area (Å²) in [4.78, 5) is 25.3. The lowest BCUT2D eigenvalue weighted by Gasteiger charge is -2.12. The molecule has 1 aromatic heterocycles. The molecule has 0 aliphatic rings. The molecule has 1 N–H and O–H groups in total. The zero-order valence-corrected chi connectivity index (χ0v) is 16.8. The van der Waals surface area contributed by atoms with E-state index in [1.807, 2.05) is 11.5 Å². The van der Waals surface area contributed by atoms with E-state index in [0.29, 0.717) is 48.7 Å². The minimum atomic E-state index is -0.404. The van der Waals surface area contributed by atoms with Gasteiger partial charge < -0.3 is 14.6 Å². The summed E-state index contributed by atoms with van der Waals surface area (Å²) in [6.07, 6.45) is 2.99. The molecule has 3 rings (SSSR count). The second-order valence-electron chi connectivity index (χ2n) is 6.58. The number of ether oxygens (including phenoxy) is 1. The van der Waals surface area contributed by atoms with Crippen LogP contribution in [0.5, 0.6) is 5.75 Å². The first-order valence-corrected chi connectivity index (χ1v) is 9.86. The van der Waals surface area contributed by atoms with Crippen LogP contribution in [0.1, 0.15) is 30.1 Å². The predicted octanol–water partition coefficient (Wildman–Crippen LogP) is 4.40. The molecule has 3 aromatic rings. The molecule has 0 saturated heterocycles. The Morgan fingerprint density at radius 3 is 2.66 bits per heavy atom. The molecule has 152 valence electrons. The van der Waals surface area contributed by atoms with Gasteiger partial charge in [0.25, 0.3) is 5.91 Å². The second-order valence-corrected chi connectivity index (χ2v) is 7.02. The number of halogens is 2. The zero-order chi connectivity index (χ0) is 20.8. The second kappa shape index (κ2) is 9.56. The topological polar surface area (TPSA) is 60.3 Å². The Morgan fingerprint density at radius 1 is 1.17 bits per heavy atom. The number of aryl methyl sites for hydroxylation is 1. The van der Waals surface area contributed by atoms with Crippen molar-refractivity contribution in [2.75, 3.05) is 13.2 Å². The number of fused-ring (bicyclic) bond motifs is 1. The number of pyridine rings is 1. The number of amides is 1. The first-order chi connectivity index (χ1) is 14.0. The Bertz CT molecular complexity index is 1060. The van der Waals surface area contributed by atoms with E-state index in [2.05, 4.69) is 5.32 Å². The van der Waals surface area contributed by atoms with Gasteiger partial charge in [0.1, 0.15) is 17.1 Å². The zero-order valence-electron chi connectivity index (χ0n) is 16.1. The largest absolute Gasteiger partial charge is 0.494 e. The molecule has 0 fully saturated rings. The van der Waals surface area contributed by atoms with Crippen molar-refractivity contribution in [3.63, 3.8) is 0 Å². The fourth-order valence-corrected chi connectivity index (χ4v) is 3.21. The molecule has 29 heavy (non-hydrogen) atoms. The van der Waals surface area contributed by atoms with Gasteiger partial charge in [-0.2, -0.15) is 0 Å². The van der Waals surface area contributed by atoms with Crippen LogP contribution in [0.4, 0.5) is 4.39 Å². The number of nitrogens with zero attached hydrogens (tertiary/aromatic N) is 1. The van der Waals surface area contributed by atoms with E-state index in [4.69, 9.17) is 16.3 Å². The summed E-state index contributed by atoms with van der Waals surface area (Å²) in [6.45, 7) is 3.45. The maximum Gasteiger partial charge on any atom is 0.256 e. The molecule has 0 saturated carbocycles. The molecule has 0 bridgehead atoms. The Hall–Kier alpha value is -2.86. The quantitative estimate of drug-likeness (QED) is 0.553. The van der Waals surface area contributed by atoms with Gasteiger partial charge in [-0.1, -0.05) is 11.6 Å². The highest BCUT2D eigenvalue weighted by molar-refractivity contribution is 6.31. The number of carbonyl (C=O) groups is 1. The van der Waals surface area contributed by atoms with Crippen molar-refractivity contribution in [1.82, 2.24) is 9.88 Å². The molecule has 1 heterocycles. The van der Waals surface area contributed by atoms with E-state index in [9.17, 15) is 14.0 Å². The third-order valence-electron chi connectivity index (χ3n) is 4.57. The van der Waals surface area contributed by atoms with Crippen LogP contribution in [-0.4, -0.2) is 23.6 Å². The van der Waals surface area contributed by atoms with Gasteiger partial charge in [-0.3, -0.25) is 9.59 Å². The van der Waals surface area contributed by atoms with E-state index < -0.39 is 5.91 Å². The Balaban J connectivity index is 1.56. The van der Waals surface area contributed by atoms with Crippen molar-refractivity contribution in [2.24, 2.45) is 0 Å². The SMILES string of the molecule is CCn1cc(C(=O)NCCCCOc2ccc(F)cc2)c(=O)c2cc(Cl)ccc21. The number of nitrogens with one attached hydrogen (secondary N) is 1. The normalized spacial score (nSPS) is 10.9. The molecule has 2 aromatic carbocycles. The number of hydrogen-bond donors (Lipinski definition) is 1. The molecule has 7 heteroatoms. The van der Waals surface area contributed by atoms with Crippen molar-refractivity contribution >= 4 is 28.4 Å². The summed E-state index contributed by atoms with van der Waals surface area (Å²) < 4.78 is 20.2. The highest BCUT2D eigenvalue weighted by atomic mass is 35.5. The van der Waals surface area contributed by atoms with E-state index in [1.165, 1.54) is 12.1 Å². The van der Waals surface area contributed by atoms with Gasteiger partial charge in [0, 0.05) is 29.7 Å². The number of unbranched alkanes of at least 4 members (excludes halogenated alkanes) is 1. The van der Waals surface area contributed by atoms with Crippen LogP contribution < -0.4 is 15.5 Å². The third kappa shape index (κ3) is 5.15. The van der Waals surface area contributed by atoms with Gasteiger partial charge in [-0.25, -0.2) is 4.39 Å². The van der Waals surface area contributed by atoms with Crippen LogP contribution in [0.3, 0.4) is 0 Å². The standard InChI is InChI=1S/C22H22ClFN2O3/c1-2-26-14-19(21(27)18-13-15(23)5-10-20(18)26)22(28)25-11-3-4-12-29-17-8-6-16(24)7-9-17/h5-10,13-14H,2-4,11-12H2,1H3,(H,25,28). The van der Waals surface area contributed by atoms with Crippen molar-refractivity contribution in [1.29, 1.82) is 0 Å². The maximum absolute atomic E-state index is 12.8. The predicted molar refractivity (Wildman–Crippen MR) is 112 cm³/mol. The maximum atomic E-state index is 12.8. The van der Waals surface area contributed by atoms with E-state index in [-0.39, 0.29) is 16.8 Å². The Labute approximate surface area is 173 Å². The third-order valence-corrected chi connectivity index (χ3v) is 4.80. The van der Waals surface area contributed by atoms with Crippen LogP contribution in [0.15, 0.2) is 53.5 Å². The smallest absolute Gasteiger partial charge is 0.256 e. The molecule has 0 unspecified atom stereocenters. The van der Waals surface area contributed by atoms with Crippen molar-refractivity contribution in [2.45, 2.75) is 26.3 Å². The van der Waals surface area contributed by atoms with Crippen LogP contribution in [-0.2, 0) is 6.54 Å². The number of hydrogen-bond acceptors (Lipinski definition) is 3. The fraction of sp³-hybridized carbons (Fsp3) is 0.273. The first-order valence-electron chi connectivity index (χ1n) is 9.49. The number of benzene rings is 2. The van der Waals surface area contributed by atoms with Gasteiger partial charge in [-0.05, 0) is 62.2 Å². The van der Waals surface area contributed by atoms with Crippen LogP contribution in [0.25, 0.3) is 10.9 Å². The Kier molecular flexibility index (Phi) is 6.88. The Morgan fingerprint density at radius 2 is 1.93 bits per heavy atom. The molecule has 0 atom stereocenters. The average Bonchev–Trinajstić information content (AvgIpc) is 2.72. The van der Waals surface area contributed by atoms with Gasteiger partial charge in [0.15, 0.2) is 0 Å². The fourth-order valence-electron chi connectivity index (χ4n) is 3.04. The van der Waals surface area contributed by atoms with Gasteiger partial charge in [-0.15, -0.1) is 0 Å². The van der Waals surface area contributed by atoms with Gasteiger partial charge >= 0.3 is 0 Å². The summed E-state index contributed by atoms with van der Waals surface area (Å²) in [5, 5.41) is 3.67. The van der Waals surface area contributed by atoms with E-state index >= 15 is 0 Å². The summed E-state index contributed by atoms with van der Waals surface area (Å²) in [7, 11) is 0. The number of rotatable bonds is 8. The highest BCUT2D eigenvalue weighted by Crippen LogP contribution is 2.18.